The standard InChI is InChI=1S/C24H25Cl2N3O3/c1-4-32-24(31)21-14-22(19-10-7-17(25)13-20(19)26)29(28-21)18-8-5-16(6-9-18)23(30)27-12-11-15(2)3/h5-10,13-15H,4,11-12H2,1-3H3,(H,27,30). The molecule has 0 fully saturated rings. The van der Waals surface area contributed by atoms with Gasteiger partial charge < -0.3 is 10.1 Å². The number of carbonyl (C=O) groups excluding carboxylic acids is 2. The number of hydrogen-bond donors (Lipinski definition) is 1. The van der Waals surface area contributed by atoms with E-state index in [9.17, 15) is 9.59 Å². The van der Waals surface area contributed by atoms with Crippen molar-refractivity contribution in [1.82, 2.24) is 15.1 Å². The van der Waals surface area contributed by atoms with Gasteiger partial charge >= 0.3 is 5.97 Å². The molecule has 32 heavy (non-hydrogen) atoms. The molecule has 3 aromatic rings. The molecular formula is C24H25Cl2N3O3. The Morgan fingerprint density at radius 1 is 1.09 bits per heavy atom. The van der Waals surface area contributed by atoms with Crippen molar-refractivity contribution in [3.8, 4) is 16.9 Å². The lowest BCUT2D eigenvalue weighted by molar-refractivity contribution is 0.0518. The predicted molar refractivity (Wildman–Crippen MR) is 127 cm³/mol. The fraction of sp³-hybridized carbons (Fsp3) is 0.292. The maximum absolute atomic E-state index is 12.4. The van der Waals surface area contributed by atoms with E-state index in [-0.39, 0.29) is 18.2 Å². The lowest BCUT2D eigenvalue weighted by Crippen LogP contribution is -2.25. The van der Waals surface area contributed by atoms with Crippen LogP contribution in [0, 0.1) is 5.92 Å². The van der Waals surface area contributed by atoms with E-state index in [2.05, 4.69) is 24.3 Å². The van der Waals surface area contributed by atoms with Crippen molar-refractivity contribution >= 4 is 35.1 Å². The molecule has 0 unspecified atom stereocenters. The molecule has 0 aliphatic rings. The van der Waals surface area contributed by atoms with Crippen molar-refractivity contribution in [2.24, 2.45) is 5.92 Å². The highest BCUT2D eigenvalue weighted by Gasteiger charge is 2.19. The number of nitrogens with zero attached hydrogens (tertiary/aromatic N) is 2. The van der Waals surface area contributed by atoms with E-state index in [1.54, 1.807) is 60.1 Å². The van der Waals surface area contributed by atoms with Crippen LogP contribution in [-0.2, 0) is 4.74 Å². The first-order valence-corrected chi connectivity index (χ1v) is 11.2. The quantitative estimate of drug-likeness (QED) is 0.419. The summed E-state index contributed by atoms with van der Waals surface area (Å²) in [7, 11) is 0. The molecule has 0 aliphatic carbocycles. The van der Waals surface area contributed by atoms with Crippen LogP contribution in [-0.4, -0.2) is 34.8 Å². The summed E-state index contributed by atoms with van der Waals surface area (Å²) in [4.78, 5) is 24.7. The average molecular weight is 474 g/mol. The number of halogens is 2. The van der Waals surface area contributed by atoms with Gasteiger partial charge in [-0.15, -0.1) is 0 Å². The monoisotopic (exact) mass is 473 g/mol. The van der Waals surface area contributed by atoms with Gasteiger partial charge in [0.05, 0.1) is 23.0 Å². The molecule has 1 amide bonds. The molecule has 0 saturated heterocycles. The Morgan fingerprint density at radius 2 is 1.81 bits per heavy atom. The van der Waals surface area contributed by atoms with Crippen LogP contribution in [0.2, 0.25) is 10.0 Å². The SMILES string of the molecule is CCOC(=O)c1cc(-c2ccc(Cl)cc2Cl)n(-c2ccc(C(=O)NCCC(C)C)cc2)n1. The number of amides is 1. The minimum absolute atomic E-state index is 0.133. The van der Waals surface area contributed by atoms with Crippen molar-refractivity contribution in [2.45, 2.75) is 27.2 Å². The number of hydrogen-bond acceptors (Lipinski definition) is 4. The van der Waals surface area contributed by atoms with E-state index in [1.807, 2.05) is 0 Å². The summed E-state index contributed by atoms with van der Waals surface area (Å²) >= 11 is 12.5. The Labute approximate surface area is 197 Å². The summed E-state index contributed by atoms with van der Waals surface area (Å²) in [5, 5.41) is 8.28. The fourth-order valence-electron chi connectivity index (χ4n) is 3.10. The zero-order chi connectivity index (χ0) is 23.3. The van der Waals surface area contributed by atoms with E-state index in [1.165, 1.54) is 0 Å². The van der Waals surface area contributed by atoms with Crippen molar-refractivity contribution in [2.75, 3.05) is 13.2 Å². The molecule has 0 saturated carbocycles. The molecule has 168 valence electrons. The van der Waals surface area contributed by atoms with Gasteiger partial charge in [0.15, 0.2) is 5.69 Å². The lowest BCUT2D eigenvalue weighted by Gasteiger charge is -2.11. The molecule has 8 heteroatoms. The smallest absolute Gasteiger partial charge is 0.358 e. The Hall–Kier alpha value is -2.83. The van der Waals surface area contributed by atoms with Crippen LogP contribution in [0.15, 0.2) is 48.5 Å². The molecule has 3 rings (SSSR count). The number of aromatic nitrogens is 2. The molecular weight excluding hydrogens is 449 g/mol. The van der Waals surface area contributed by atoms with Gasteiger partial charge in [-0.1, -0.05) is 37.0 Å². The van der Waals surface area contributed by atoms with Crippen LogP contribution < -0.4 is 5.32 Å². The minimum Gasteiger partial charge on any atom is -0.461 e. The van der Waals surface area contributed by atoms with Crippen LogP contribution in [0.5, 0.6) is 0 Å². The lowest BCUT2D eigenvalue weighted by atomic mass is 10.1. The largest absolute Gasteiger partial charge is 0.461 e. The third kappa shape index (κ3) is 5.69. The van der Waals surface area contributed by atoms with Gasteiger partial charge in [0, 0.05) is 22.7 Å². The molecule has 1 aromatic heterocycles. The first-order valence-electron chi connectivity index (χ1n) is 10.4. The summed E-state index contributed by atoms with van der Waals surface area (Å²) in [6.07, 6.45) is 0.916. The van der Waals surface area contributed by atoms with Crippen molar-refractivity contribution in [3.05, 3.63) is 69.8 Å². The van der Waals surface area contributed by atoms with Crippen LogP contribution >= 0.6 is 23.2 Å². The van der Waals surface area contributed by atoms with Crippen molar-refractivity contribution < 1.29 is 14.3 Å². The molecule has 6 nitrogen and oxygen atoms in total. The van der Waals surface area contributed by atoms with Crippen molar-refractivity contribution in [1.29, 1.82) is 0 Å². The Bertz CT molecular complexity index is 1110. The molecule has 0 spiro atoms. The zero-order valence-corrected chi connectivity index (χ0v) is 19.7. The predicted octanol–water partition coefficient (Wildman–Crippen LogP) is 5.80. The van der Waals surface area contributed by atoms with E-state index in [0.717, 1.165) is 6.42 Å². The third-order valence-corrected chi connectivity index (χ3v) is 5.33. The van der Waals surface area contributed by atoms with E-state index in [0.29, 0.717) is 45.0 Å². The highest BCUT2D eigenvalue weighted by molar-refractivity contribution is 6.36. The molecule has 1 N–H and O–H groups in total. The summed E-state index contributed by atoms with van der Waals surface area (Å²) in [6, 6.07) is 13.7. The third-order valence-electron chi connectivity index (χ3n) is 4.78. The molecule has 0 radical (unpaired) electrons. The van der Waals surface area contributed by atoms with Gasteiger partial charge in [0.2, 0.25) is 0 Å². The summed E-state index contributed by atoms with van der Waals surface area (Å²) in [5.41, 5.74) is 2.63. The van der Waals surface area contributed by atoms with Gasteiger partial charge in [0.25, 0.3) is 5.91 Å². The van der Waals surface area contributed by atoms with Crippen molar-refractivity contribution in [3.63, 3.8) is 0 Å². The summed E-state index contributed by atoms with van der Waals surface area (Å²) in [5.74, 6) is -0.145. The van der Waals surface area contributed by atoms with Gasteiger partial charge in [-0.25, -0.2) is 9.48 Å². The van der Waals surface area contributed by atoms with E-state index >= 15 is 0 Å². The average Bonchev–Trinajstić information content (AvgIpc) is 3.19. The van der Waals surface area contributed by atoms with Gasteiger partial charge in [-0.05, 0) is 67.8 Å². The zero-order valence-electron chi connectivity index (χ0n) is 18.2. The summed E-state index contributed by atoms with van der Waals surface area (Å²) in [6.45, 7) is 6.82. The second-order valence-corrected chi connectivity index (χ2v) is 8.50. The number of carbonyl (C=O) groups is 2. The Balaban J connectivity index is 1.95. The topological polar surface area (TPSA) is 73.2 Å². The van der Waals surface area contributed by atoms with E-state index in [4.69, 9.17) is 27.9 Å². The number of nitrogens with one attached hydrogen (secondary N) is 1. The molecule has 1 heterocycles. The summed E-state index contributed by atoms with van der Waals surface area (Å²) < 4.78 is 6.70. The van der Waals surface area contributed by atoms with Crippen LogP contribution in [0.4, 0.5) is 0 Å². The maximum atomic E-state index is 12.4. The molecule has 0 aliphatic heterocycles. The molecule has 2 aromatic carbocycles. The van der Waals surface area contributed by atoms with Crippen LogP contribution in [0.25, 0.3) is 16.9 Å². The van der Waals surface area contributed by atoms with Gasteiger partial charge in [0.1, 0.15) is 0 Å². The first-order chi connectivity index (χ1) is 15.3. The highest BCUT2D eigenvalue weighted by Crippen LogP contribution is 2.32. The normalized spacial score (nSPS) is 10.9. The Kier molecular flexibility index (Phi) is 7.94. The number of ether oxygens (including phenoxy) is 1. The van der Waals surface area contributed by atoms with Crippen LogP contribution in [0.1, 0.15) is 48.0 Å². The second-order valence-electron chi connectivity index (χ2n) is 7.66. The minimum atomic E-state index is -0.529. The van der Waals surface area contributed by atoms with E-state index < -0.39 is 5.97 Å². The molecule has 0 bridgehead atoms. The second kappa shape index (κ2) is 10.7. The number of benzene rings is 2. The number of rotatable bonds is 8. The van der Waals surface area contributed by atoms with Gasteiger partial charge in [-0.3, -0.25) is 4.79 Å². The van der Waals surface area contributed by atoms with Gasteiger partial charge in [-0.2, -0.15) is 5.10 Å². The first kappa shape index (κ1) is 23.8. The molecule has 0 atom stereocenters. The fourth-order valence-corrected chi connectivity index (χ4v) is 3.61. The number of esters is 1. The maximum Gasteiger partial charge on any atom is 0.358 e. The Morgan fingerprint density at radius 3 is 2.44 bits per heavy atom. The highest BCUT2D eigenvalue weighted by atomic mass is 35.5. The van der Waals surface area contributed by atoms with Crippen LogP contribution in [0.3, 0.4) is 0 Å².